The van der Waals surface area contributed by atoms with E-state index in [1.54, 1.807) is 0 Å². The number of hydrogen-bond donors (Lipinski definition) is 1. The van der Waals surface area contributed by atoms with Gasteiger partial charge in [-0.1, -0.05) is 13.8 Å². The molecule has 1 unspecified atom stereocenters. The van der Waals surface area contributed by atoms with Crippen molar-refractivity contribution in [3.63, 3.8) is 0 Å². The summed E-state index contributed by atoms with van der Waals surface area (Å²) >= 11 is 0. The lowest BCUT2D eigenvalue weighted by molar-refractivity contribution is -0.0655. The number of nitrogens with zero attached hydrogens (tertiary/aromatic N) is 1. The molecule has 1 rings (SSSR count). The fraction of sp³-hybridized carbons (Fsp3) is 1.00. The summed E-state index contributed by atoms with van der Waals surface area (Å²) in [7, 11) is 2.19. The highest BCUT2D eigenvalue weighted by Gasteiger charge is 2.53. The molecular formula is C11H25ClN2. The molecule has 1 saturated heterocycles. The molecule has 3 heteroatoms. The first-order chi connectivity index (χ1) is 5.63. The van der Waals surface area contributed by atoms with Crippen LogP contribution in [-0.2, 0) is 0 Å². The Labute approximate surface area is 94.6 Å². The predicted molar refractivity (Wildman–Crippen MR) is 64.9 cm³/mol. The second kappa shape index (κ2) is 3.66. The van der Waals surface area contributed by atoms with Gasteiger partial charge in [-0.2, -0.15) is 0 Å². The minimum absolute atomic E-state index is 0. The molecule has 0 aromatic heterocycles. The zero-order valence-electron chi connectivity index (χ0n) is 10.3. The van der Waals surface area contributed by atoms with Crippen LogP contribution in [0.3, 0.4) is 0 Å². The van der Waals surface area contributed by atoms with Gasteiger partial charge in [-0.25, -0.2) is 0 Å². The standard InChI is InChI=1S/C11H24N2.ClH/c1-9(2)10(3,4)13(6)8-7-11(9,5)12;/h7-8,12H2,1-6H3;1H. The molecule has 0 aromatic carbocycles. The number of hydrogen-bond acceptors (Lipinski definition) is 2. The first-order valence-corrected chi connectivity index (χ1v) is 5.13. The van der Waals surface area contributed by atoms with E-state index in [-0.39, 0.29) is 28.9 Å². The van der Waals surface area contributed by atoms with E-state index in [2.05, 4.69) is 46.6 Å². The first kappa shape index (κ1) is 14.2. The first-order valence-electron chi connectivity index (χ1n) is 5.13. The van der Waals surface area contributed by atoms with Gasteiger partial charge >= 0.3 is 0 Å². The zero-order valence-corrected chi connectivity index (χ0v) is 11.2. The van der Waals surface area contributed by atoms with E-state index in [0.717, 1.165) is 13.0 Å². The lowest BCUT2D eigenvalue weighted by Crippen LogP contribution is -2.69. The highest BCUT2D eigenvalue weighted by atomic mass is 35.5. The van der Waals surface area contributed by atoms with Crippen molar-refractivity contribution in [3.8, 4) is 0 Å². The third-order valence-electron chi connectivity index (χ3n) is 4.88. The second-order valence-corrected chi connectivity index (χ2v) is 5.77. The highest BCUT2D eigenvalue weighted by molar-refractivity contribution is 5.85. The van der Waals surface area contributed by atoms with E-state index < -0.39 is 0 Å². The Bertz CT molecular complexity index is 209. The van der Waals surface area contributed by atoms with Gasteiger partial charge in [-0.05, 0) is 34.2 Å². The topological polar surface area (TPSA) is 29.3 Å². The van der Waals surface area contributed by atoms with Crippen LogP contribution >= 0.6 is 12.4 Å². The van der Waals surface area contributed by atoms with E-state index in [4.69, 9.17) is 5.73 Å². The van der Waals surface area contributed by atoms with Gasteiger partial charge in [0.15, 0.2) is 0 Å². The Morgan fingerprint density at radius 2 is 1.50 bits per heavy atom. The number of halogens is 1. The molecular weight excluding hydrogens is 196 g/mol. The van der Waals surface area contributed by atoms with Crippen molar-refractivity contribution in [2.24, 2.45) is 11.1 Å². The maximum absolute atomic E-state index is 6.37. The van der Waals surface area contributed by atoms with E-state index >= 15 is 0 Å². The molecule has 0 spiro atoms. The summed E-state index contributed by atoms with van der Waals surface area (Å²) in [5.41, 5.74) is 6.64. The molecule has 0 amide bonds. The average molecular weight is 221 g/mol. The van der Waals surface area contributed by atoms with Crippen LogP contribution in [0, 0.1) is 5.41 Å². The van der Waals surface area contributed by atoms with Gasteiger partial charge in [0.1, 0.15) is 0 Å². The van der Waals surface area contributed by atoms with Crippen LogP contribution in [0.4, 0.5) is 0 Å². The Kier molecular flexibility index (Phi) is 3.71. The molecule has 14 heavy (non-hydrogen) atoms. The largest absolute Gasteiger partial charge is 0.325 e. The minimum Gasteiger partial charge on any atom is -0.325 e. The normalized spacial score (nSPS) is 36.2. The van der Waals surface area contributed by atoms with Gasteiger partial charge in [0.25, 0.3) is 0 Å². The maximum Gasteiger partial charge on any atom is 0.0218 e. The molecule has 2 N–H and O–H groups in total. The zero-order chi connectivity index (χ0) is 10.5. The minimum atomic E-state index is -0.0526. The van der Waals surface area contributed by atoms with Crippen LogP contribution in [0.25, 0.3) is 0 Å². The molecule has 0 bridgehead atoms. The molecule has 0 radical (unpaired) electrons. The average Bonchev–Trinajstić information content (AvgIpc) is 1.97. The van der Waals surface area contributed by atoms with Gasteiger partial charge in [-0.15, -0.1) is 12.4 Å². The summed E-state index contributed by atoms with van der Waals surface area (Å²) in [6.45, 7) is 12.4. The molecule has 1 aliphatic heterocycles. The van der Waals surface area contributed by atoms with Gasteiger partial charge in [0.2, 0.25) is 0 Å². The molecule has 1 heterocycles. The lowest BCUT2D eigenvalue weighted by Gasteiger charge is -2.60. The quantitative estimate of drug-likeness (QED) is 0.679. The Morgan fingerprint density at radius 3 is 1.86 bits per heavy atom. The van der Waals surface area contributed by atoms with Gasteiger partial charge < -0.3 is 10.6 Å². The van der Waals surface area contributed by atoms with Crippen LogP contribution in [0.1, 0.15) is 41.0 Å². The summed E-state index contributed by atoms with van der Waals surface area (Å²) < 4.78 is 0. The van der Waals surface area contributed by atoms with Crippen LogP contribution in [0.5, 0.6) is 0 Å². The van der Waals surface area contributed by atoms with Crippen LogP contribution in [0.2, 0.25) is 0 Å². The van der Waals surface area contributed by atoms with Crippen molar-refractivity contribution in [2.45, 2.75) is 52.1 Å². The molecule has 0 saturated carbocycles. The van der Waals surface area contributed by atoms with E-state index in [1.807, 2.05) is 0 Å². The van der Waals surface area contributed by atoms with Crippen molar-refractivity contribution in [2.75, 3.05) is 13.6 Å². The fourth-order valence-corrected chi connectivity index (χ4v) is 2.17. The Hall–Kier alpha value is 0.210. The van der Waals surface area contributed by atoms with Crippen molar-refractivity contribution >= 4 is 12.4 Å². The van der Waals surface area contributed by atoms with E-state index in [0.29, 0.717) is 0 Å². The molecule has 2 nitrogen and oxygen atoms in total. The fourth-order valence-electron chi connectivity index (χ4n) is 2.17. The van der Waals surface area contributed by atoms with Crippen molar-refractivity contribution in [3.05, 3.63) is 0 Å². The summed E-state index contributed by atoms with van der Waals surface area (Å²) in [5, 5.41) is 0. The SMILES string of the molecule is CN1CCC(C)(N)C(C)(C)C1(C)C.Cl. The molecule has 1 fully saturated rings. The third-order valence-corrected chi connectivity index (χ3v) is 4.88. The third kappa shape index (κ3) is 1.68. The van der Waals surface area contributed by atoms with Gasteiger partial charge in [0, 0.05) is 23.0 Å². The van der Waals surface area contributed by atoms with Crippen molar-refractivity contribution < 1.29 is 0 Å². The van der Waals surface area contributed by atoms with Crippen LogP contribution < -0.4 is 5.73 Å². The van der Waals surface area contributed by atoms with Gasteiger partial charge in [-0.3, -0.25) is 0 Å². The van der Waals surface area contributed by atoms with E-state index in [9.17, 15) is 0 Å². The summed E-state index contributed by atoms with van der Waals surface area (Å²) in [6.07, 6.45) is 1.08. The molecule has 0 aromatic rings. The molecule has 86 valence electrons. The number of nitrogens with two attached hydrogens (primary N) is 1. The summed E-state index contributed by atoms with van der Waals surface area (Å²) in [5.74, 6) is 0. The van der Waals surface area contributed by atoms with Crippen molar-refractivity contribution in [1.29, 1.82) is 0 Å². The summed E-state index contributed by atoms with van der Waals surface area (Å²) in [4.78, 5) is 2.42. The second-order valence-electron chi connectivity index (χ2n) is 5.77. The van der Waals surface area contributed by atoms with Gasteiger partial charge in [0.05, 0.1) is 0 Å². The number of rotatable bonds is 0. The number of piperidine rings is 1. The molecule has 1 atom stereocenters. The Morgan fingerprint density at radius 1 is 1.07 bits per heavy atom. The summed E-state index contributed by atoms with van der Waals surface area (Å²) in [6, 6.07) is 0. The highest BCUT2D eigenvalue weighted by Crippen LogP contribution is 2.47. The van der Waals surface area contributed by atoms with E-state index in [1.165, 1.54) is 0 Å². The Balaban J connectivity index is 0.00000169. The predicted octanol–water partition coefficient (Wildman–Crippen LogP) is 2.27. The lowest BCUT2D eigenvalue weighted by atomic mass is 9.58. The smallest absolute Gasteiger partial charge is 0.0218 e. The van der Waals surface area contributed by atoms with Crippen molar-refractivity contribution in [1.82, 2.24) is 4.90 Å². The van der Waals surface area contributed by atoms with Crippen LogP contribution in [-0.4, -0.2) is 29.6 Å². The number of likely N-dealkylation sites (tertiary alicyclic amines) is 1. The molecule has 1 aliphatic rings. The maximum atomic E-state index is 6.37. The van der Waals surface area contributed by atoms with Crippen LogP contribution in [0.15, 0.2) is 0 Å². The monoisotopic (exact) mass is 220 g/mol. The molecule has 0 aliphatic carbocycles.